The van der Waals surface area contributed by atoms with E-state index in [9.17, 15) is 18.7 Å². The average molecular weight is 380 g/mol. The number of halogens is 2. The van der Waals surface area contributed by atoms with Crippen LogP contribution in [0.5, 0.6) is 0 Å². The first-order valence-corrected chi connectivity index (χ1v) is 9.68. The van der Waals surface area contributed by atoms with Gasteiger partial charge < -0.3 is 19.6 Å². The Labute approximate surface area is 157 Å². The Morgan fingerprint density at radius 2 is 1.96 bits per heavy atom. The highest BCUT2D eigenvalue weighted by Gasteiger charge is 2.54. The van der Waals surface area contributed by atoms with E-state index < -0.39 is 17.2 Å². The van der Waals surface area contributed by atoms with Crippen LogP contribution in [0.2, 0.25) is 0 Å². The summed E-state index contributed by atoms with van der Waals surface area (Å²) in [5.74, 6) is -2.91. The molecule has 1 aliphatic carbocycles. The molecule has 7 heteroatoms. The van der Waals surface area contributed by atoms with Gasteiger partial charge in [-0.2, -0.15) is 0 Å². The molecule has 1 saturated carbocycles. The van der Waals surface area contributed by atoms with Gasteiger partial charge in [0.1, 0.15) is 11.6 Å². The van der Waals surface area contributed by atoms with E-state index in [0.29, 0.717) is 37.9 Å². The van der Waals surface area contributed by atoms with E-state index in [4.69, 9.17) is 4.74 Å². The van der Waals surface area contributed by atoms with Crippen LogP contribution in [0.4, 0.5) is 8.78 Å². The number of benzene rings is 1. The standard InChI is InChI=1S/C20H26F2N2O3/c1-19(26)18(25)24(16-3-4-16)13-20(27-19)7-10-23(11-8-20)9-6-14-12-15(21)2-5-17(14)22/h2,5,12,16,26H,3-4,6-11,13H2,1H3. The summed E-state index contributed by atoms with van der Waals surface area (Å²) in [7, 11) is 0. The van der Waals surface area contributed by atoms with Gasteiger partial charge in [0, 0.05) is 25.7 Å². The molecule has 1 aromatic rings. The van der Waals surface area contributed by atoms with Crippen molar-refractivity contribution in [3.8, 4) is 0 Å². The molecular formula is C20H26F2N2O3. The van der Waals surface area contributed by atoms with E-state index in [0.717, 1.165) is 38.1 Å². The van der Waals surface area contributed by atoms with E-state index in [1.165, 1.54) is 13.0 Å². The van der Waals surface area contributed by atoms with Crippen molar-refractivity contribution in [2.45, 2.75) is 56.5 Å². The normalized spacial score (nSPS) is 28.7. The van der Waals surface area contributed by atoms with Crippen LogP contribution in [0, 0.1) is 11.6 Å². The molecule has 3 aliphatic rings. The topological polar surface area (TPSA) is 53.0 Å². The summed E-state index contributed by atoms with van der Waals surface area (Å²) in [6.45, 7) is 4.07. The molecule has 1 N–H and O–H groups in total. The highest BCUT2D eigenvalue weighted by molar-refractivity contribution is 5.84. The first-order valence-electron chi connectivity index (χ1n) is 9.68. The summed E-state index contributed by atoms with van der Waals surface area (Å²) in [6, 6.07) is 3.78. The molecule has 5 nitrogen and oxygen atoms in total. The Morgan fingerprint density at radius 1 is 1.26 bits per heavy atom. The number of nitrogens with zero attached hydrogens (tertiary/aromatic N) is 2. The number of amides is 1. The van der Waals surface area contributed by atoms with E-state index in [-0.39, 0.29) is 17.8 Å². The summed E-state index contributed by atoms with van der Waals surface area (Å²) in [4.78, 5) is 16.4. The van der Waals surface area contributed by atoms with Gasteiger partial charge in [0.25, 0.3) is 5.91 Å². The van der Waals surface area contributed by atoms with E-state index in [2.05, 4.69) is 4.90 Å². The maximum atomic E-state index is 13.8. The van der Waals surface area contributed by atoms with Gasteiger partial charge in [-0.3, -0.25) is 4.79 Å². The van der Waals surface area contributed by atoms with Gasteiger partial charge in [-0.05, 0) is 62.8 Å². The summed E-state index contributed by atoms with van der Waals surface area (Å²) in [5.41, 5.74) is -0.140. The van der Waals surface area contributed by atoms with Crippen molar-refractivity contribution in [1.82, 2.24) is 9.80 Å². The number of piperidine rings is 1. The lowest BCUT2D eigenvalue weighted by molar-refractivity contribution is -0.285. The molecule has 148 valence electrons. The zero-order chi connectivity index (χ0) is 19.2. The second-order valence-corrected chi connectivity index (χ2v) is 8.26. The van der Waals surface area contributed by atoms with Gasteiger partial charge in [-0.25, -0.2) is 8.78 Å². The number of aliphatic hydroxyl groups is 1. The monoisotopic (exact) mass is 380 g/mol. The smallest absolute Gasteiger partial charge is 0.282 e. The summed E-state index contributed by atoms with van der Waals surface area (Å²) >= 11 is 0. The van der Waals surface area contributed by atoms with Crippen LogP contribution in [0.25, 0.3) is 0 Å². The maximum absolute atomic E-state index is 13.8. The zero-order valence-electron chi connectivity index (χ0n) is 15.6. The van der Waals surface area contributed by atoms with Crippen molar-refractivity contribution in [3.05, 3.63) is 35.4 Å². The van der Waals surface area contributed by atoms with Crippen LogP contribution in [0.3, 0.4) is 0 Å². The Bertz CT molecular complexity index is 728. The lowest BCUT2D eigenvalue weighted by atomic mass is 9.87. The third-order valence-corrected chi connectivity index (χ3v) is 5.99. The lowest BCUT2D eigenvalue weighted by Gasteiger charge is -2.51. The van der Waals surface area contributed by atoms with Crippen molar-refractivity contribution < 1.29 is 23.4 Å². The molecule has 2 aliphatic heterocycles. The Balaban J connectivity index is 1.36. The molecule has 1 unspecified atom stereocenters. The highest BCUT2D eigenvalue weighted by atomic mass is 19.1. The molecule has 3 fully saturated rings. The number of carbonyl (C=O) groups excluding carboxylic acids is 1. The third kappa shape index (κ3) is 3.86. The second-order valence-electron chi connectivity index (χ2n) is 8.26. The largest absolute Gasteiger partial charge is 0.358 e. The van der Waals surface area contributed by atoms with Gasteiger partial charge in [-0.1, -0.05) is 0 Å². The molecule has 0 radical (unpaired) electrons. The molecule has 0 bridgehead atoms. The zero-order valence-corrected chi connectivity index (χ0v) is 15.6. The van der Waals surface area contributed by atoms with Crippen LogP contribution in [0.1, 0.15) is 38.2 Å². The number of likely N-dealkylation sites (tertiary alicyclic amines) is 1. The SMILES string of the molecule is CC1(O)OC2(CCN(CCc3cc(F)ccc3F)CC2)CN(C2CC2)C1=O. The molecule has 0 aromatic heterocycles. The maximum Gasteiger partial charge on any atom is 0.282 e. The molecule has 2 heterocycles. The molecular weight excluding hydrogens is 354 g/mol. The first kappa shape index (κ1) is 18.8. The van der Waals surface area contributed by atoms with Gasteiger partial charge in [0.15, 0.2) is 0 Å². The quantitative estimate of drug-likeness (QED) is 0.869. The van der Waals surface area contributed by atoms with Gasteiger partial charge >= 0.3 is 0 Å². The van der Waals surface area contributed by atoms with Crippen molar-refractivity contribution in [1.29, 1.82) is 0 Å². The minimum atomic E-state index is -1.77. The van der Waals surface area contributed by atoms with Crippen LogP contribution < -0.4 is 0 Å². The fourth-order valence-corrected chi connectivity index (χ4v) is 4.29. The van der Waals surface area contributed by atoms with E-state index in [1.807, 2.05) is 0 Å². The average Bonchev–Trinajstić information content (AvgIpc) is 3.45. The van der Waals surface area contributed by atoms with E-state index >= 15 is 0 Å². The van der Waals surface area contributed by atoms with Crippen molar-refractivity contribution in [2.24, 2.45) is 0 Å². The summed E-state index contributed by atoms with van der Waals surface area (Å²) < 4.78 is 33.0. The van der Waals surface area contributed by atoms with Crippen molar-refractivity contribution in [3.63, 3.8) is 0 Å². The van der Waals surface area contributed by atoms with E-state index in [1.54, 1.807) is 4.90 Å². The van der Waals surface area contributed by atoms with Crippen LogP contribution >= 0.6 is 0 Å². The number of morpholine rings is 1. The molecule has 1 spiro atoms. The molecule has 4 rings (SSSR count). The van der Waals surface area contributed by atoms with Crippen molar-refractivity contribution in [2.75, 3.05) is 26.2 Å². The van der Waals surface area contributed by atoms with Crippen LogP contribution in [-0.4, -0.2) is 64.4 Å². The van der Waals surface area contributed by atoms with Gasteiger partial charge in [0.2, 0.25) is 5.79 Å². The molecule has 1 atom stereocenters. The lowest BCUT2D eigenvalue weighted by Crippen LogP contribution is -2.66. The number of hydrogen-bond donors (Lipinski definition) is 1. The Kier molecular flexibility index (Phi) is 4.72. The predicted octanol–water partition coefficient (Wildman–Crippen LogP) is 2.07. The number of rotatable bonds is 4. The van der Waals surface area contributed by atoms with Crippen molar-refractivity contribution >= 4 is 5.91 Å². The molecule has 1 aromatic carbocycles. The fourth-order valence-electron chi connectivity index (χ4n) is 4.29. The summed E-state index contributed by atoms with van der Waals surface area (Å²) in [5, 5.41) is 10.5. The second kappa shape index (κ2) is 6.79. The van der Waals surface area contributed by atoms with Gasteiger partial charge in [0.05, 0.1) is 12.1 Å². The highest BCUT2D eigenvalue weighted by Crippen LogP contribution is 2.40. The predicted molar refractivity (Wildman–Crippen MR) is 94.9 cm³/mol. The van der Waals surface area contributed by atoms with Gasteiger partial charge in [-0.15, -0.1) is 0 Å². The Morgan fingerprint density at radius 3 is 2.63 bits per heavy atom. The van der Waals surface area contributed by atoms with Crippen LogP contribution in [0.15, 0.2) is 18.2 Å². The number of ether oxygens (including phenoxy) is 1. The molecule has 27 heavy (non-hydrogen) atoms. The third-order valence-electron chi connectivity index (χ3n) is 5.99. The number of hydrogen-bond acceptors (Lipinski definition) is 4. The first-order chi connectivity index (χ1) is 12.8. The Hall–Kier alpha value is -1.57. The minimum absolute atomic E-state index is 0.235. The fraction of sp³-hybridized carbons (Fsp3) is 0.650. The molecule has 1 amide bonds. The number of carbonyl (C=O) groups is 1. The van der Waals surface area contributed by atoms with Crippen LogP contribution in [-0.2, 0) is 16.0 Å². The minimum Gasteiger partial charge on any atom is -0.358 e. The summed E-state index contributed by atoms with van der Waals surface area (Å²) in [6.07, 6.45) is 3.82. The molecule has 2 saturated heterocycles.